The number of halogens is 2. The number of H-pyrrole nitrogens is 1. The number of hydrogen-bond acceptors (Lipinski definition) is 6. The van der Waals surface area contributed by atoms with Gasteiger partial charge in [-0.3, -0.25) is 4.79 Å². The van der Waals surface area contributed by atoms with Gasteiger partial charge >= 0.3 is 0 Å². The predicted octanol–water partition coefficient (Wildman–Crippen LogP) is 4.16. The van der Waals surface area contributed by atoms with Crippen LogP contribution in [0.25, 0.3) is 22.0 Å². The van der Waals surface area contributed by atoms with E-state index in [1.807, 2.05) is 10.8 Å². The van der Waals surface area contributed by atoms with E-state index in [-0.39, 0.29) is 23.2 Å². The lowest BCUT2D eigenvalue weighted by Gasteiger charge is -2.30. The van der Waals surface area contributed by atoms with Crippen molar-refractivity contribution in [3.63, 3.8) is 0 Å². The van der Waals surface area contributed by atoms with Crippen LogP contribution in [0.2, 0.25) is 0 Å². The van der Waals surface area contributed by atoms with Gasteiger partial charge in [-0.05, 0) is 42.7 Å². The summed E-state index contributed by atoms with van der Waals surface area (Å²) >= 11 is 0. The van der Waals surface area contributed by atoms with E-state index in [0.717, 1.165) is 30.5 Å². The minimum absolute atomic E-state index is 0.0841. The first-order valence-electron chi connectivity index (χ1n) is 10.7. The quantitative estimate of drug-likeness (QED) is 0.440. The molecule has 0 bridgehead atoms. The highest BCUT2D eigenvalue weighted by molar-refractivity contribution is 6.02. The number of anilines is 1. The van der Waals surface area contributed by atoms with Crippen molar-refractivity contribution in [1.82, 2.24) is 19.7 Å². The Hall–Kier alpha value is -4.39. The molecule has 0 spiro atoms. The molecule has 1 fully saturated rings. The Balaban J connectivity index is 1.56. The molecule has 4 aromatic rings. The van der Waals surface area contributed by atoms with Crippen molar-refractivity contribution in [1.29, 1.82) is 5.26 Å². The van der Waals surface area contributed by atoms with E-state index in [1.165, 1.54) is 6.07 Å². The Kier molecular flexibility index (Phi) is 5.37. The maximum Gasteiger partial charge on any atom is 0.288 e. The molecule has 1 aliphatic rings. The molecule has 10 heteroatoms. The molecule has 1 unspecified atom stereocenters. The van der Waals surface area contributed by atoms with Crippen LogP contribution in [0.4, 0.5) is 14.6 Å². The fourth-order valence-electron chi connectivity index (χ4n) is 4.41. The van der Waals surface area contributed by atoms with Crippen molar-refractivity contribution < 1.29 is 13.5 Å². The molecule has 1 aliphatic heterocycles. The van der Waals surface area contributed by atoms with Gasteiger partial charge in [-0.2, -0.15) is 10.4 Å². The number of fused-ring (bicyclic) bond motifs is 1. The molecule has 2 aromatic carbocycles. The first-order chi connectivity index (χ1) is 16.5. The van der Waals surface area contributed by atoms with Gasteiger partial charge in [0, 0.05) is 24.8 Å². The number of aromatic amines is 1. The van der Waals surface area contributed by atoms with Gasteiger partial charge in [0.2, 0.25) is 0 Å². The van der Waals surface area contributed by atoms with Crippen LogP contribution in [0.1, 0.15) is 18.9 Å². The molecule has 0 aliphatic carbocycles. The number of rotatable bonds is 4. The van der Waals surface area contributed by atoms with Gasteiger partial charge in [-0.1, -0.05) is 18.2 Å². The highest BCUT2D eigenvalue weighted by Gasteiger charge is 2.26. The smallest absolute Gasteiger partial charge is 0.288 e. The van der Waals surface area contributed by atoms with Gasteiger partial charge in [0.15, 0.2) is 29.4 Å². The van der Waals surface area contributed by atoms with Crippen molar-refractivity contribution in [2.75, 3.05) is 18.8 Å². The van der Waals surface area contributed by atoms with Crippen LogP contribution in [0.15, 0.2) is 53.5 Å². The number of hydrogen-bond donors (Lipinski definition) is 2. The number of ether oxygens (including phenoxy) is 1. The summed E-state index contributed by atoms with van der Waals surface area (Å²) < 4.78 is 35.1. The Labute approximate surface area is 192 Å². The van der Waals surface area contributed by atoms with E-state index in [4.69, 9.17) is 10.5 Å². The maximum atomic E-state index is 13.9. The minimum Gasteiger partial charge on any atom is -0.451 e. The SMILES string of the molecule is N#CN1CCCC(n2cc(-c3ccc(Oc4c(F)cccc4F)cc3)c3c(N)n[nH]c(=O)c32)C1. The van der Waals surface area contributed by atoms with Gasteiger partial charge < -0.3 is 19.9 Å². The molecule has 3 N–H and O–H groups in total. The van der Waals surface area contributed by atoms with Crippen LogP contribution in [-0.4, -0.2) is 32.8 Å². The molecule has 3 heterocycles. The zero-order chi connectivity index (χ0) is 23.8. The summed E-state index contributed by atoms with van der Waals surface area (Å²) in [7, 11) is 0. The molecule has 5 rings (SSSR count). The number of nitrogens with one attached hydrogen (secondary N) is 1. The molecule has 34 heavy (non-hydrogen) atoms. The first-order valence-corrected chi connectivity index (χ1v) is 10.7. The van der Waals surface area contributed by atoms with E-state index in [0.29, 0.717) is 29.6 Å². The fraction of sp³-hybridized carbons (Fsp3) is 0.208. The number of benzene rings is 2. The average Bonchev–Trinajstić information content (AvgIpc) is 3.26. The molecule has 2 aromatic heterocycles. The normalized spacial score (nSPS) is 15.9. The number of likely N-dealkylation sites (tertiary alicyclic amines) is 1. The third-order valence-corrected chi connectivity index (χ3v) is 6.02. The zero-order valence-corrected chi connectivity index (χ0v) is 18.0. The van der Waals surface area contributed by atoms with E-state index < -0.39 is 17.4 Å². The van der Waals surface area contributed by atoms with Crippen LogP contribution in [0.3, 0.4) is 0 Å². The Morgan fingerprint density at radius 3 is 2.62 bits per heavy atom. The largest absolute Gasteiger partial charge is 0.451 e. The molecule has 0 amide bonds. The molecular weight excluding hydrogens is 442 g/mol. The van der Waals surface area contributed by atoms with Crippen LogP contribution < -0.4 is 16.0 Å². The number of nitriles is 1. The van der Waals surface area contributed by atoms with Crippen LogP contribution in [0, 0.1) is 23.1 Å². The van der Waals surface area contributed by atoms with E-state index >= 15 is 0 Å². The first kappa shape index (κ1) is 21.5. The summed E-state index contributed by atoms with van der Waals surface area (Å²) in [5.74, 6) is -1.66. The van der Waals surface area contributed by atoms with E-state index in [2.05, 4.69) is 16.4 Å². The lowest BCUT2D eigenvalue weighted by atomic mass is 10.1. The lowest BCUT2D eigenvalue weighted by Crippen LogP contribution is -2.33. The topological polar surface area (TPSA) is 113 Å². The van der Waals surface area contributed by atoms with Gasteiger partial charge in [-0.15, -0.1) is 0 Å². The van der Waals surface area contributed by atoms with Crippen molar-refractivity contribution >= 4 is 16.7 Å². The molecule has 8 nitrogen and oxygen atoms in total. The van der Waals surface area contributed by atoms with Crippen LogP contribution in [-0.2, 0) is 0 Å². The van der Waals surface area contributed by atoms with Gasteiger partial charge in [-0.25, -0.2) is 13.9 Å². The Bertz CT molecular complexity index is 1450. The third kappa shape index (κ3) is 3.71. The summed E-state index contributed by atoms with van der Waals surface area (Å²) in [6.07, 6.45) is 5.66. The minimum atomic E-state index is -0.802. The molecule has 0 saturated carbocycles. The van der Waals surface area contributed by atoms with Crippen molar-refractivity contribution in [2.24, 2.45) is 0 Å². The Morgan fingerprint density at radius 1 is 1.18 bits per heavy atom. The van der Waals surface area contributed by atoms with Gasteiger partial charge in [0.05, 0.1) is 11.4 Å². The second kappa shape index (κ2) is 8.51. The average molecular weight is 462 g/mol. The van der Waals surface area contributed by atoms with Gasteiger partial charge in [0.25, 0.3) is 5.56 Å². The molecule has 1 saturated heterocycles. The number of nitrogen functional groups attached to an aromatic ring is 1. The second-order valence-electron chi connectivity index (χ2n) is 8.13. The number of aromatic nitrogens is 3. The number of para-hydroxylation sites is 1. The van der Waals surface area contributed by atoms with E-state index in [1.54, 1.807) is 29.2 Å². The molecule has 1 atom stereocenters. The van der Waals surface area contributed by atoms with Crippen molar-refractivity contribution in [3.8, 4) is 28.8 Å². The number of nitrogens with two attached hydrogens (primary N) is 1. The standard InChI is InChI=1S/C24H20F2N6O2/c25-18-4-1-5-19(26)22(18)34-16-8-6-14(7-9-16)17-12-32(15-3-2-10-31(11-15)13-27)21-20(17)23(28)29-30-24(21)33/h1,4-9,12,15H,2-3,10-11H2,(H2,28,29)(H,30,33). The molecule has 172 valence electrons. The second-order valence-corrected chi connectivity index (χ2v) is 8.13. The highest BCUT2D eigenvalue weighted by atomic mass is 19.1. The summed E-state index contributed by atoms with van der Waals surface area (Å²) in [4.78, 5) is 14.4. The summed E-state index contributed by atoms with van der Waals surface area (Å²) in [6.45, 7) is 1.17. The predicted molar refractivity (Wildman–Crippen MR) is 122 cm³/mol. The molecular formula is C24H20F2N6O2. The maximum absolute atomic E-state index is 13.9. The lowest BCUT2D eigenvalue weighted by molar-refractivity contribution is 0.248. The summed E-state index contributed by atoms with van der Waals surface area (Å²) in [5.41, 5.74) is 7.58. The fourth-order valence-corrected chi connectivity index (χ4v) is 4.41. The Morgan fingerprint density at radius 2 is 1.91 bits per heavy atom. The number of piperidine rings is 1. The molecule has 0 radical (unpaired) electrons. The van der Waals surface area contributed by atoms with E-state index in [9.17, 15) is 18.8 Å². The number of nitrogens with zero attached hydrogens (tertiary/aromatic N) is 4. The third-order valence-electron chi connectivity index (χ3n) is 6.02. The van der Waals surface area contributed by atoms with Crippen molar-refractivity contribution in [3.05, 3.63) is 70.6 Å². The van der Waals surface area contributed by atoms with Crippen molar-refractivity contribution in [2.45, 2.75) is 18.9 Å². The summed E-state index contributed by atoms with van der Waals surface area (Å²) in [6, 6.07) is 10.0. The summed E-state index contributed by atoms with van der Waals surface area (Å²) in [5, 5.41) is 16.2. The van der Waals surface area contributed by atoms with Crippen LogP contribution >= 0.6 is 0 Å². The zero-order valence-electron chi connectivity index (χ0n) is 18.0. The monoisotopic (exact) mass is 462 g/mol. The highest BCUT2D eigenvalue weighted by Crippen LogP contribution is 2.37. The van der Waals surface area contributed by atoms with Crippen LogP contribution in [0.5, 0.6) is 11.5 Å². The van der Waals surface area contributed by atoms with Gasteiger partial charge in [0.1, 0.15) is 11.3 Å².